The lowest BCUT2D eigenvalue weighted by molar-refractivity contribution is -0.0336. The first kappa shape index (κ1) is 36.1. The molecule has 0 radical (unpaired) electrons. The highest BCUT2D eigenvalue weighted by Crippen LogP contribution is 2.31. The fraction of sp³-hybridized carbons (Fsp3) is 0.425. The molecule has 51 heavy (non-hydrogen) atoms. The Bertz CT molecular complexity index is 1820. The van der Waals surface area contributed by atoms with Gasteiger partial charge in [0.1, 0.15) is 11.9 Å². The van der Waals surface area contributed by atoms with Gasteiger partial charge >= 0.3 is 12.1 Å². The standard InChI is InChI=1S/C40H48N4O7/c45-33-16-14-31(32-15-17-36(47)42-38(32)33)34(46)25-41-20-7-2-1-3-8-23-50-39(48)30-13-9-12-29(24-30)37(28-10-5-4-6-11-28)43-40(49)51-35-26-44-21-18-27(35)19-22-44/h4-6,9-17,24,27,34-35,37,41,45-46H,1-3,7-8,18-23,25-26H2,(H,42,47)(H,43,49)/t34-,35-,37?/m0/s1. The van der Waals surface area contributed by atoms with E-state index in [9.17, 15) is 24.6 Å². The second kappa shape index (κ2) is 17.5. The van der Waals surface area contributed by atoms with Gasteiger partial charge in [0.05, 0.1) is 29.8 Å². The van der Waals surface area contributed by atoms with Crippen LogP contribution in [0.4, 0.5) is 4.79 Å². The summed E-state index contributed by atoms with van der Waals surface area (Å²) in [6.07, 6.45) is 5.39. The van der Waals surface area contributed by atoms with E-state index < -0.39 is 24.2 Å². The third kappa shape index (κ3) is 9.55. The highest BCUT2D eigenvalue weighted by atomic mass is 16.6. The number of hydrogen-bond donors (Lipinski definition) is 5. The van der Waals surface area contributed by atoms with Crippen LogP contribution in [0.2, 0.25) is 0 Å². The number of amides is 1. The van der Waals surface area contributed by atoms with Crippen molar-refractivity contribution < 1.29 is 29.3 Å². The van der Waals surface area contributed by atoms with E-state index in [2.05, 4.69) is 20.5 Å². The number of phenols is 1. The molecule has 11 nitrogen and oxygen atoms in total. The van der Waals surface area contributed by atoms with Crippen LogP contribution >= 0.6 is 0 Å². The minimum atomic E-state index is -0.786. The van der Waals surface area contributed by atoms with Crippen LogP contribution < -0.4 is 16.2 Å². The number of aliphatic hydroxyl groups is 1. The van der Waals surface area contributed by atoms with Crippen LogP contribution in [0, 0.1) is 5.92 Å². The van der Waals surface area contributed by atoms with Crippen molar-refractivity contribution >= 4 is 23.0 Å². The van der Waals surface area contributed by atoms with Crippen LogP contribution in [0.15, 0.2) is 83.7 Å². The number of hydrogen-bond acceptors (Lipinski definition) is 9. The predicted octanol–water partition coefficient (Wildman–Crippen LogP) is 5.57. The van der Waals surface area contributed by atoms with Crippen molar-refractivity contribution in [3.8, 4) is 5.75 Å². The zero-order chi connectivity index (χ0) is 35.6. The number of unbranched alkanes of at least 4 members (excludes halogenated alkanes) is 4. The normalized spacial score (nSPS) is 19.4. The topological polar surface area (TPSA) is 153 Å². The SMILES string of the molecule is O=C(NC(c1ccccc1)c1cccc(C(=O)OCCCCCCCNC[C@H](O)c2ccc(O)c3[nH]c(=O)ccc23)c1)O[C@H]1CN2CCC1CC2. The number of alkyl carbamates (subject to hydrolysis) is 1. The Labute approximate surface area is 298 Å². The summed E-state index contributed by atoms with van der Waals surface area (Å²) in [5.41, 5.74) is 2.75. The molecule has 3 saturated heterocycles. The molecular formula is C40H48N4O7. The zero-order valence-electron chi connectivity index (χ0n) is 28.9. The van der Waals surface area contributed by atoms with E-state index in [-0.39, 0.29) is 17.4 Å². The van der Waals surface area contributed by atoms with Crippen molar-refractivity contribution in [3.05, 3.63) is 111 Å². The molecular weight excluding hydrogens is 648 g/mol. The van der Waals surface area contributed by atoms with E-state index in [0.29, 0.717) is 41.1 Å². The van der Waals surface area contributed by atoms with Gasteiger partial charge in [-0.05, 0) is 92.2 Å². The van der Waals surface area contributed by atoms with Crippen LogP contribution in [0.25, 0.3) is 10.9 Å². The van der Waals surface area contributed by atoms with Crippen LogP contribution in [0.5, 0.6) is 5.75 Å². The van der Waals surface area contributed by atoms with Crippen LogP contribution in [0.1, 0.15) is 84.1 Å². The van der Waals surface area contributed by atoms with Crippen LogP contribution in [-0.4, -0.2) is 77.6 Å². The van der Waals surface area contributed by atoms with Gasteiger partial charge in [-0.3, -0.25) is 9.69 Å². The molecule has 2 bridgehead atoms. The van der Waals surface area contributed by atoms with Gasteiger partial charge < -0.3 is 35.3 Å². The molecule has 270 valence electrons. The molecule has 4 aromatic rings. The second-order valence-corrected chi connectivity index (χ2v) is 13.6. The summed E-state index contributed by atoms with van der Waals surface area (Å²) in [5, 5.41) is 27.7. The Morgan fingerprint density at radius 1 is 0.902 bits per heavy atom. The summed E-state index contributed by atoms with van der Waals surface area (Å²) < 4.78 is 11.5. The number of nitrogens with zero attached hydrogens (tertiary/aromatic N) is 1. The van der Waals surface area contributed by atoms with E-state index >= 15 is 0 Å². The molecule has 3 atom stereocenters. The van der Waals surface area contributed by atoms with Crippen molar-refractivity contribution in [1.29, 1.82) is 0 Å². The van der Waals surface area contributed by atoms with Gasteiger partial charge in [-0.25, -0.2) is 9.59 Å². The first-order chi connectivity index (χ1) is 24.9. The molecule has 3 aromatic carbocycles. The number of aliphatic hydroxyl groups excluding tert-OH is 1. The predicted molar refractivity (Wildman–Crippen MR) is 195 cm³/mol. The number of esters is 1. The number of rotatable bonds is 16. The van der Waals surface area contributed by atoms with Crippen molar-refractivity contribution in [2.45, 2.75) is 63.2 Å². The number of piperidine rings is 3. The smallest absolute Gasteiger partial charge is 0.408 e. The molecule has 0 spiro atoms. The van der Waals surface area contributed by atoms with Gasteiger partial charge in [-0.2, -0.15) is 0 Å². The summed E-state index contributed by atoms with van der Waals surface area (Å²) in [6.45, 7) is 4.34. The largest absolute Gasteiger partial charge is 0.506 e. The number of benzene rings is 3. The van der Waals surface area contributed by atoms with Crippen molar-refractivity contribution in [1.82, 2.24) is 20.5 Å². The first-order valence-corrected chi connectivity index (χ1v) is 18.1. The summed E-state index contributed by atoms with van der Waals surface area (Å²) in [4.78, 5) is 42.7. The lowest BCUT2D eigenvalue weighted by Crippen LogP contribution is -2.52. The third-order valence-corrected chi connectivity index (χ3v) is 10.0. The minimum Gasteiger partial charge on any atom is -0.506 e. The quantitative estimate of drug-likeness (QED) is 0.0747. The maximum absolute atomic E-state index is 13.1. The molecule has 5 N–H and O–H groups in total. The molecule has 3 fully saturated rings. The molecule has 0 saturated carbocycles. The second-order valence-electron chi connectivity index (χ2n) is 13.6. The Morgan fingerprint density at radius 3 is 2.45 bits per heavy atom. The minimum absolute atomic E-state index is 0.0322. The molecule has 0 aliphatic carbocycles. The number of aromatic amines is 1. The molecule has 4 heterocycles. The molecule has 1 unspecified atom stereocenters. The van der Waals surface area contributed by atoms with Gasteiger partial charge in [-0.15, -0.1) is 0 Å². The van der Waals surface area contributed by atoms with E-state index in [1.165, 1.54) is 12.1 Å². The Kier molecular flexibility index (Phi) is 12.4. The molecule has 3 aliphatic rings. The Hall–Kier alpha value is -4.71. The number of aromatic nitrogens is 1. The van der Waals surface area contributed by atoms with E-state index in [4.69, 9.17) is 9.47 Å². The fourth-order valence-corrected chi connectivity index (χ4v) is 7.21. The maximum Gasteiger partial charge on any atom is 0.408 e. The fourth-order valence-electron chi connectivity index (χ4n) is 7.21. The zero-order valence-corrected chi connectivity index (χ0v) is 28.9. The molecule has 1 aromatic heterocycles. The van der Waals surface area contributed by atoms with E-state index in [0.717, 1.165) is 82.3 Å². The van der Waals surface area contributed by atoms with Crippen LogP contribution in [0.3, 0.4) is 0 Å². The Balaban J connectivity index is 0.904. The number of H-pyrrole nitrogens is 1. The summed E-state index contributed by atoms with van der Waals surface area (Å²) >= 11 is 0. The monoisotopic (exact) mass is 696 g/mol. The molecule has 1 amide bonds. The number of ether oxygens (including phenoxy) is 2. The van der Waals surface area contributed by atoms with Gasteiger partial charge in [-0.1, -0.05) is 67.8 Å². The van der Waals surface area contributed by atoms with Crippen LogP contribution in [-0.2, 0) is 9.47 Å². The van der Waals surface area contributed by atoms with Gasteiger partial charge in [0.25, 0.3) is 0 Å². The van der Waals surface area contributed by atoms with Gasteiger partial charge in [0.15, 0.2) is 0 Å². The highest BCUT2D eigenvalue weighted by molar-refractivity contribution is 5.89. The molecule has 3 aliphatic heterocycles. The summed E-state index contributed by atoms with van der Waals surface area (Å²) in [7, 11) is 0. The number of nitrogens with one attached hydrogen (secondary N) is 3. The van der Waals surface area contributed by atoms with Crippen molar-refractivity contribution in [2.24, 2.45) is 5.92 Å². The van der Waals surface area contributed by atoms with Crippen molar-refractivity contribution in [3.63, 3.8) is 0 Å². The number of phenolic OH excluding ortho intramolecular Hbond substituents is 1. The Morgan fingerprint density at radius 2 is 1.67 bits per heavy atom. The van der Waals surface area contributed by atoms with Gasteiger partial charge in [0.2, 0.25) is 5.56 Å². The summed E-state index contributed by atoms with van der Waals surface area (Å²) in [6, 6.07) is 22.6. The highest BCUT2D eigenvalue weighted by Gasteiger charge is 2.37. The van der Waals surface area contributed by atoms with E-state index in [1.807, 2.05) is 42.5 Å². The number of aromatic hydroxyl groups is 1. The molecule has 7 rings (SSSR count). The first-order valence-electron chi connectivity index (χ1n) is 18.1. The number of carbonyl (C=O) groups is 2. The van der Waals surface area contributed by atoms with E-state index in [1.54, 1.807) is 24.3 Å². The summed E-state index contributed by atoms with van der Waals surface area (Å²) in [5.74, 6) is -0.0171. The number of fused-ring (bicyclic) bond motifs is 4. The number of carbonyl (C=O) groups excluding carboxylic acids is 2. The lowest BCUT2D eigenvalue weighted by atomic mass is 9.86. The van der Waals surface area contributed by atoms with Crippen molar-refractivity contribution in [2.75, 3.05) is 39.3 Å². The average Bonchev–Trinajstić information content (AvgIpc) is 3.15. The average molecular weight is 697 g/mol. The van der Waals surface area contributed by atoms with Gasteiger partial charge in [0, 0.05) is 24.5 Å². The number of pyridine rings is 1. The molecule has 11 heteroatoms. The lowest BCUT2D eigenvalue weighted by Gasteiger charge is -2.43. The third-order valence-electron chi connectivity index (χ3n) is 10.0. The maximum atomic E-state index is 13.1.